The number of nitrogen functional groups attached to an aromatic ring is 1. The lowest BCUT2D eigenvalue weighted by atomic mass is 10.0. The smallest absolute Gasteiger partial charge is 0.239 e. The van der Waals surface area contributed by atoms with Gasteiger partial charge in [0.25, 0.3) is 0 Å². The van der Waals surface area contributed by atoms with E-state index in [1.807, 2.05) is 12.1 Å². The van der Waals surface area contributed by atoms with Crippen LogP contribution in [0.2, 0.25) is 0 Å². The summed E-state index contributed by atoms with van der Waals surface area (Å²) in [5.74, 6) is 1.83. The van der Waals surface area contributed by atoms with Gasteiger partial charge >= 0.3 is 0 Å². The minimum absolute atomic E-state index is 0.457. The Hall–Kier alpha value is -1.49. The molecule has 1 aromatic heterocycles. The fourth-order valence-electron chi connectivity index (χ4n) is 2.54. The van der Waals surface area contributed by atoms with Crippen LogP contribution in [-0.2, 0) is 0 Å². The van der Waals surface area contributed by atoms with E-state index in [0.717, 1.165) is 12.4 Å². The number of hydrogen-bond donors (Lipinski definition) is 2. The first kappa shape index (κ1) is 15.9. The molecule has 1 atom stereocenters. The van der Waals surface area contributed by atoms with E-state index in [9.17, 15) is 0 Å². The van der Waals surface area contributed by atoms with Crippen molar-refractivity contribution in [2.75, 3.05) is 37.8 Å². The molecule has 21 heavy (non-hydrogen) atoms. The summed E-state index contributed by atoms with van der Waals surface area (Å²) in [6, 6.07) is 4.36. The van der Waals surface area contributed by atoms with Crippen LogP contribution in [0, 0.1) is 5.92 Å². The Morgan fingerprint density at radius 1 is 1.43 bits per heavy atom. The van der Waals surface area contributed by atoms with Crippen LogP contribution in [0.1, 0.15) is 33.1 Å². The van der Waals surface area contributed by atoms with Gasteiger partial charge in [0.15, 0.2) is 0 Å². The van der Waals surface area contributed by atoms with Gasteiger partial charge in [-0.1, -0.05) is 20.3 Å². The second-order valence-corrected chi connectivity index (χ2v) is 6.31. The number of ether oxygens (including phenoxy) is 1. The van der Waals surface area contributed by atoms with Crippen LogP contribution in [0.15, 0.2) is 12.1 Å². The van der Waals surface area contributed by atoms with E-state index in [2.05, 4.69) is 36.1 Å². The van der Waals surface area contributed by atoms with Crippen molar-refractivity contribution in [1.82, 2.24) is 9.88 Å². The second kappa shape index (κ2) is 7.50. The molecule has 0 bridgehead atoms. The number of nitrogens with one attached hydrogen (secondary N) is 1. The highest BCUT2D eigenvalue weighted by molar-refractivity contribution is 5.53. The number of aromatic nitrogens is 1. The van der Waals surface area contributed by atoms with Crippen molar-refractivity contribution >= 4 is 11.5 Å². The van der Waals surface area contributed by atoms with E-state index in [1.165, 1.54) is 25.8 Å². The molecule has 0 saturated carbocycles. The van der Waals surface area contributed by atoms with E-state index >= 15 is 0 Å². The zero-order valence-corrected chi connectivity index (χ0v) is 13.4. The molecule has 1 aliphatic heterocycles. The predicted octanol–water partition coefficient (Wildman–Crippen LogP) is 2.59. The summed E-state index contributed by atoms with van der Waals surface area (Å²) in [5.41, 5.74) is 6.51. The van der Waals surface area contributed by atoms with Crippen molar-refractivity contribution in [3.05, 3.63) is 12.1 Å². The molecular weight excluding hydrogens is 264 g/mol. The molecule has 1 aliphatic rings. The molecule has 2 rings (SSSR count). The van der Waals surface area contributed by atoms with Crippen LogP contribution in [-0.4, -0.2) is 42.7 Å². The van der Waals surface area contributed by atoms with Crippen molar-refractivity contribution in [3.8, 4) is 5.88 Å². The number of rotatable bonds is 6. The lowest BCUT2D eigenvalue weighted by Crippen LogP contribution is -2.40. The molecule has 1 unspecified atom stereocenters. The Balaban J connectivity index is 1.92. The summed E-state index contributed by atoms with van der Waals surface area (Å²) < 4.78 is 5.67. The number of likely N-dealkylation sites (N-methyl/N-ethyl adjacent to an activating group) is 1. The topological polar surface area (TPSA) is 63.4 Å². The maximum absolute atomic E-state index is 5.91. The molecule has 0 radical (unpaired) electrons. The lowest BCUT2D eigenvalue weighted by molar-refractivity contribution is 0.194. The largest absolute Gasteiger partial charge is 0.476 e. The van der Waals surface area contributed by atoms with Gasteiger partial charge < -0.3 is 20.7 Å². The van der Waals surface area contributed by atoms with E-state index in [-0.39, 0.29) is 0 Å². The van der Waals surface area contributed by atoms with Gasteiger partial charge in [0.05, 0.1) is 12.3 Å². The molecule has 1 saturated heterocycles. The minimum Gasteiger partial charge on any atom is -0.476 e. The van der Waals surface area contributed by atoms with Gasteiger partial charge in [0.1, 0.15) is 5.82 Å². The summed E-state index contributed by atoms with van der Waals surface area (Å²) in [6.07, 6.45) is 3.87. The number of piperidine rings is 1. The molecule has 1 aromatic rings. The van der Waals surface area contributed by atoms with Gasteiger partial charge in [0.2, 0.25) is 5.88 Å². The first-order valence-electron chi connectivity index (χ1n) is 7.89. The number of nitrogens with two attached hydrogens (primary N) is 1. The predicted molar refractivity (Wildman–Crippen MR) is 87.7 cm³/mol. The third-order valence-corrected chi connectivity index (χ3v) is 3.88. The van der Waals surface area contributed by atoms with Gasteiger partial charge in [-0.05, 0) is 44.5 Å². The van der Waals surface area contributed by atoms with Crippen LogP contribution >= 0.6 is 0 Å². The molecule has 0 aromatic carbocycles. The zero-order valence-electron chi connectivity index (χ0n) is 13.4. The monoisotopic (exact) mass is 292 g/mol. The van der Waals surface area contributed by atoms with Crippen LogP contribution in [0.4, 0.5) is 11.5 Å². The highest BCUT2D eigenvalue weighted by Gasteiger charge is 2.18. The maximum atomic E-state index is 5.91. The Labute approximate surface area is 127 Å². The molecule has 5 nitrogen and oxygen atoms in total. The first-order chi connectivity index (χ1) is 10.1. The Bertz CT molecular complexity index is 450. The third-order valence-electron chi connectivity index (χ3n) is 3.88. The fraction of sp³-hybridized carbons (Fsp3) is 0.688. The fourth-order valence-corrected chi connectivity index (χ4v) is 2.54. The molecule has 118 valence electrons. The SMILES string of the molecule is CC(C)COc1nc(NCC2CCCCN2C)ccc1N. The van der Waals surface area contributed by atoms with Crippen LogP contribution in [0.25, 0.3) is 0 Å². The zero-order chi connectivity index (χ0) is 15.2. The average molecular weight is 292 g/mol. The van der Waals surface area contributed by atoms with E-state index in [4.69, 9.17) is 10.5 Å². The number of anilines is 2. The van der Waals surface area contributed by atoms with Gasteiger partial charge in [-0.25, -0.2) is 0 Å². The highest BCUT2D eigenvalue weighted by atomic mass is 16.5. The van der Waals surface area contributed by atoms with Crippen LogP contribution in [0.3, 0.4) is 0 Å². The van der Waals surface area contributed by atoms with Gasteiger partial charge in [-0.15, -0.1) is 0 Å². The second-order valence-electron chi connectivity index (χ2n) is 6.31. The molecular formula is C16H28N4O. The molecule has 0 aliphatic carbocycles. The normalized spacial score (nSPS) is 19.7. The summed E-state index contributed by atoms with van der Waals surface area (Å²) in [7, 11) is 2.19. The minimum atomic E-state index is 0.457. The van der Waals surface area contributed by atoms with Gasteiger partial charge in [0, 0.05) is 12.6 Å². The molecule has 5 heteroatoms. The molecule has 0 amide bonds. The van der Waals surface area contributed by atoms with Crippen molar-refractivity contribution in [3.63, 3.8) is 0 Å². The van der Waals surface area contributed by atoms with Crippen LogP contribution < -0.4 is 15.8 Å². The van der Waals surface area contributed by atoms with E-state index in [0.29, 0.717) is 30.1 Å². The maximum Gasteiger partial charge on any atom is 0.239 e. The standard InChI is InChI=1S/C16H28N4O/c1-12(2)11-21-16-14(17)7-8-15(19-16)18-10-13-6-4-5-9-20(13)3/h7-8,12-13H,4-6,9-11,17H2,1-3H3,(H,18,19). The molecule has 1 fully saturated rings. The Morgan fingerprint density at radius 3 is 2.95 bits per heavy atom. The summed E-state index contributed by atoms with van der Waals surface area (Å²) in [6.45, 7) is 6.95. The Kier molecular flexibility index (Phi) is 5.67. The first-order valence-corrected chi connectivity index (χ1v) is 7.89. The lowest BCUT2D eigenvalue weighted by Gasteiger charge is -2.32. The van der Waals surface area contributed by atoms with E-state index in [1.54, 1.807) is 0 Å². The van der Waals surface area contributed by atoms with E-state index < -0.39 is 0 Å². The Morgan fingerprint density at radius 2 is 2.24 bits per heavy atom. The van der Waals surface area contributed by atoms with Gasteiger partial charge in [-0.3, -0.25) is 0 Å². The molecule has 3 N–H and O–H groups in total. The number of pyridine rings is 1. The average Bonchev–Trinajstić information content (AvgIpc) is 2.46. The highest BCUT2D eigenvalue weighted by Crippen LogP contribution is 2.22. The molecule has 0 spiro atoms. The quantitative estimate of drug-likeness (QED) is 0.844. The third kappa shape index (κ3) is 4.77. The van der Waals surface area contributed by atoms with Gasteiger partial charge in [-0.2, -0.15) is 4.98 Å². The summed E-state index contributed by atoms with van der Waals surface area (Å²) >= 11 is 0. The summed E-state index contributed by atoms with van der Waals surface area (Å²) in [4.78, 5) is 6.90. The number of nitrogens with zero attached hydrogens (tertiary/aromatic N) is 2. The van der Waals surface area contributed by atoms with Crippen molar-refractivity contribution in [1.29, 1.82) is 0 Å². The van der Waals surface area contributed by atoms with Crippen LogP contribution in [0.5, 0.6) is 5.88 Å². The van der Waals surface area contributed by atoms with Crippen molar-refractivity contribution in [2.45, 2.75) is 39.2 Å². The van der Waals surface area contributed by atoms with Crippen molar-refractivity contribution < 1.29 is 4.74 Å². The number of hydrogen-bond acceptors (Lipinski definition) is 5. The summed E-state index contributed by atoms with van der Waals surface area (Å²) in [5, 5.41) is 3.41. The molecule has 2 heterocycles. The number of likely N-dealkylation sites (tertiary alicyclic amines) is 1. The van der Waals surface area contributed by atoms with Crippen molar-refractivity contribution in [2.24, 2.45) is 5.92 Å².